The SMILES string of the molecule is CCCCCCCCCCCCCCCCCCCCCC(=O)OC(CCCCCCCCCC)CC(=O)NC(CO)C(O)CCCCCCCCCCCCCCCCCCC. The molecule has 0 aliphatic rings. The fourth-order valence-electron chi connectivity index (χ4n) is 9.32. The summed E-state index contributed by atoms with van der Waals surface area (Å²) in [5, 5.41) is 23.8. The lowest BCUT2D eigenvalue weighted by Crippen LogP contribution is -2.46. The van der Waals surface area contributed by atoms with E-state index >= 15 is 0 Å². The number of amides is 1. The zero-order valence-electron chi connectivity index (χ0n) is 43.0. The van der Waals surface area contributed by atoms with E-state index in [1.54, 1.807) is 0 Å². The van der Waals surface area contributed by atoms with Crippen LogP contribution in [0.1, 0.15) is 329 Å². The highest BCUT2D eigenvalue weighted by Crippen LogP contribution is 2.19. The minimum atomic E-state index is -0.779. The van der Waals surface area contributed by atoms with Gasteiger partial charge in [0.25, 0.3) is 0 Å². The monoisotopic (exact) mass is 892 g/mol. The van der Waals surface area contributed by atoms with Crippen molar-refractivity contribution >= 4 is 11.9 Å². The zero-order chi connectivity index (χ0) is 45.9. The number of rotatable bonds is 53. The molecule has 0 saturated carbocycles. The molecule has 6 nitrogen and oxygen atoms in total. The third kappa shape index (κ3) is 47.2. The van der Waals surface area contributed by atoms with Gasteiger partial charge in [-0.15, -0.1) is 0 Å². The number of aliphatic hydroxyl groups excluding tert-OH is 2. The topological polar surface area (TPSA) is 95.9 Å². The van der Waals surface area contributed by atoms with Crippen molar-refractivity contribution in [2.75, 3.05) is 6.61 Å². The van der Waals surface area contributed by atoms with Crippen molar-refractivity contribution in [3.8, 4) is 0 Å². The van der Waals surface area contributed by atoms with Gasteiger partial charge in [0.05, 0.1) is 25.2 Å². The van der Waals surface area contributed by atoms with E-state index in [2.05, 4.69) is 26.1 Å². The van der Waals surface area contributed by atoms with Crippen LogP contribution in [0, 0.1) is 0 Å². The predicted octanol–water partition coefficient (Wildman–Crippen LogP) is 17.5. The number of aliphatic hydroxyl groups is 2. The van der Waals surface area contributed by atoms with Crippen LogP contribution in [0.4, 0.5) is 0 Å². The summed E-state index contributed by atoms with van der Waals surface area (Å²) >= 11 is 0. The van der Waals surface area contributed by atoms with Crippen LogP contribution < -0.4 is 5.32 Å². The summed E-state index contributed by atoms with van der Waals surface area (Å²) in [4.78, 5) is 26.1. The van der Waals surface area contributed by atoms with E-state index < -0.39 is 18.2 Å². The van der Waals surface area contributed by atoms with Crippen molar-refractivity contribution in [1.29, 1.82) is 0 Å². The van der Waals surface area contributed by atoms with E-state index in [1.807, 2.05) is 0 Å². The van der Waals surface area contributed by atoms with Crippen molar-refractivity contribution in [3.05, 3.63) is 0 Å². The van der Waals surface area contributed by atoms with Gasteiger partial charge in [-0.2, -0.15) is 0 Å². The Hall–Kier alpha value is -1.14. The first-order chi connectivity index (χ1) is 31.0. The van der Waals surface area contributed by atoms with Gasteiger partial charge in [-0.25, -0.2) is 0 Å². The maximum atomic E-state index is 13.2. The van der Waals surface area contributed by atoms with E-state index in [4.69, 9.17) is 4.74 Å². The van der Waals surface area contributed by atoms with Crippen molar-refractivity contribution in [3.63, 3.8) is 0 Å². The molecule has 0 saturated heterocycles. The molecular formula is C57H113NO5. The van der Waals surface area contributed by atoms with Gasteiger partial charge >= 0.3 is 5.97 Å². The summed E-state index contributed by atoms with van der Waals surface area (Å²) in [6.07, 6.45) is 57.6. The lowest BCUT2D eigenvalue weighted by Gasteiger charge is -2.24. The zero-order valence-corrected chi connectivity index (χ0v) is 43.0. The number of hydrogen-bond donors (Lipinski definition) is 3. The van der Waals surface area contributed by atoms with Gasteiger partial charge in [-0.1, -0.05) is 290 Å². The molecule has 376 valence electrons. The second-order valence-corrected chi connectivity index (χ2v) is 20.1. The molecule has 0 bridgehead atoms. The Morgan fingerprint density at radius 1 is 0.397 bits per heavy atom. The van der Waals surface area contributed by atoms with E-state index in [-0.39, 0.29) is 24.9 Å². The molecule has 0 aromatic carbocycles. The number of carbonyl (C=O) groups is 2. The van der Waals surface area contributed by atoms with Crippen LogP contribution in [0.25, 0.3) is 0 Å². The van der Waals surface area contributed by atoms with Crippen molar-refractivity contribution in [2.24, 2.45) is 0 Å². The minimum absolute atomic E-state index is 0.0871. The molecule has 6 heteroatoms. The van der Waals surface area contributed by atoms with Crippen LogP contribution in [-0.2, 0) is 14.3 Å². The van der Waals surface area contributed by atoms with Gasteiger partial charge in [0, 0.05) is 6.42 Å². The molecule has 0 aliphatic carbocycles. The predicted molar refractivity (Wildman–Crippen MR) is 274 cm³/mol. The van der Waals surface area contributed by atoms with Gasteiger partial charge in [-0.3, -0.25) is 9.59 Å². The fraction of sp³-hybridized carbons (Fsp3) is 0.965. The Bertz CT molecular complexity index is 913. The van der Waals surface area contributed by atoms with Crippen molar-refractivity contribution < 1.29 is 24.5 Å². The third-order valence-corrected chi connectivity index (χ3v) is 13.7. The average molecular weight is 893 g/mol. The minimum Gasteiger partial charge on any atom is -0.462 e. The smallest absolute Gasteiger partial charge is 0.306 e. The van der Waals surface area contributed by atoms with Crippen LogP contribution in [-0.4, -0.2) is 46.9 Å². The molecule has 0 aliphatic heterocycles. The van der Waals surface area contributed by atoms with Crippen LogP contribution in [0.3, 0.4) is 0 Å². The van der Waals surface area contributed by atoms with Gasteiger partial charge in [0.1, 0.15) is 6.10 Å². The molecule has 0 radical (unpaired) electrons. The summed E-state index contributed by atoms with van der Waals surface area (Å²) in [5.74, 6) is -0.451. The van der Waals surface area contributed by atoms with E-state index in [9.17, 15) is 19.8 Å². The highest BCUT2D eigenvalue weighted by atomic mass is 16.5. The van der Waals surface area contributed by atoms with Crippen LogP contribution >= 0.6 is 0 Å². The Morgan fingerprint density at radius 3 is 0.968 bits per heavy atom. The standard InChI is InChI=1S/C57H113NO5/c1-4-7-10-13-16-19-21-23-25-27-28-30-32-34-36-38-41-44-47-50-57(62)63-53(48-45-42-39-18-15-12-9-6-3)51-56(61)58-54(52-59)55(60)49-46-43-40-37-35-33-31-29-26-24-22-20-17-14-11-8-5-2/h53-55,59-60H,4-52H2,1-3H3,(H,58,61). The maximum Gasteiger partial charge on any atom is 0.306 e. The van der Waals surface area contributed by atoms with E-state index in [1.165, 1.54) is 244 Å². The molecule has 1 amide bonds. The van der Waals surface area contributed by atoms with Gasteiger partial charge in [-0.05, 0) is 25.7 Å². The molecule has 0 rings (SSSR count). The van der Waals surface area contributed by atoms with Crippen LogP contribution in [0.5, 0.6) is 0 Å². The maximum absolute atomic E-state index is 13.2. The number of ether oxygens (including phenoxy) is 1. The molecule has 0 aromatic heterocycles. The number of esters is 1. The first-order valence-corrected chi connectivity index (χ1v) is 28.8. The first-order valence-electron chi connectivity index (χ1n) is 28.8. The second-order valence-electron chi connectivity index (χ2n) is 20.1. The highest BCUT2D eigenvalue weighted by Gasteiger charge is 2.24. The average Bonchev–Trinajstić information content (AvgIpc) is 3.28. The summed E-state index contributed by atoms with van der Waals surface area (Å²) in [7, 11) is 0. The second kappa shape index (κ2) is 51.8. The number of hydrogen-bond acceptors (Lipinski definition) is 5. The first kappa shape index (κ1) is 61.9. The Labute approximate surface area is 394 Å². The third-order valence-electron chi connectivity index (χ3n) is 13.7. The van der Waals surface area contributed by atoms with Gasteiger partial charge in [0.2, 0.25) is 5.91 Å². The molecule has 0 spiro atoms. The molecule has 3 N–H and O–H groups in total. The molecule has 3 atom stereocenters. The Morgan fingerprint density at radius 2 is 0.667 bits per heavy atom. The molecule has 0 aromatic rings. The summed E-state index contributed by atoms with van der Waals surface area (Å²) in [6.45, 7) is 6.51. The van der Waals surface area contributed by atoms with E-state index in [0.717, 1.165) is 38.5 Å². The molecule has 63 heavy (non-hydrogen) atoms. The normalized spacial score (nSPS) is 13.0. The molecule has 0 heterocycles. The molecule has 0 fully saturated rings. The van der Waals surface area contributed by atoms with Crippen LogP contribution in [0.2, 0.25) is 0 Å². The number of carbonyl (C=O) groups excluding carboxylic acids is 2. The summed E-state index contributed by atoms with van der Waals surface area (Å²) < 4.78 is 5.94. The number of unbranched alkanes of at least 4 members (excludes halogenated alkanes) is 41. The highest BCUT2D eigenvalue weighted by molar-refractivity contribution is 5.77. The lowest BCUT2D eigenvalue weighted by atomic mass is 10.0. The number of nitrogens with one attached hydrogen (secondary N) is 1. The molecular weight excluding hydrogens is 779 g/mol. The quantitative estimate of drug-likeness (QED) is 0.0418. The van der Waals surface area contributed by atoms with E-state index in [0.29, 0.717) is 19.3 Å². The Kier molecular flexibility index (Phi) is 50.9. The fourth-order valence-corrected chi connectivity index (χ4v) is 9.32. The van der Waals surface area contributed by atoms with Gasteiger partial charge in [0.15, 0.2) is 0 Å². The van der Waals surface area contributed by atoms with Crippen molar-refractivity contribution in [1.82, 2.24) is 5.32 Å². The van der Waals surface area contributed by atoms with Crippen molar-refractivity contribution in [2.45, 2.75) is 347 Å². The molecule has 3 unspecified atom stereocenters. The van der Waals surface area contributed by atoms with Crippen LogP contribution in [0.15, 0.2) is 0 Å². The van der Waals surface area contributed by atoms with Gasteiger partial charge < -0.3 is 20.3 Å². The largest absolute Gasteiger partial charge is 0.462 e. The summed E-state index contributed by atoms with van der Waals surface area (Å²) in [6, 6.07) is -0.692. The lowest BCUT2D eigenvalue weighted by molar-refractivity contribution is -0.151. The summed E-state index contributed by atoms with van der Waals surface area (Å²) in [5.41, 5.74) is 0. The Balaban J connectivity index is 4.26.